The number of benzene rings is 3. The van der Waals surface area contributed by atoms with Crippen molar-refractivity contribution in [1.29, 1.82) is 5.26 Å². The molecule has 4 heteroatoms. The maximum Gasteiger partial charge on any atom is 0.224 e. The van der Waals surface area contributed by atoms with E-state index in [4.69, 9.17) is 10.00 Å². The Morgan fingerprint density at radius 2 is 1.84 bits per heavy atom. The van der Waals surface area contributed by atoms with Gasteiger partial charge < -0.3 is 10.1 Å². The second-order valence-electron chi connectivity index (χ2n) is 5.67. The van der Waals surface area contributed by atoms with Crippen LogP contribution in [0.4, 0.5) is 5.69 Å². The molecule has 1 amide bonds. The highest BCUT2D eigenvalue weighted by atomic mass is 16.5. The fraction of sp³-hybridized carbons (Fsp3) is 0.143. The Morgan fingerprint density at radius 1 is 1.04 bits per heavy atom. The Bertz CT molecular complexity index is 923. The molecule has 3 aromatic carbocycles. The lowest BCUT2D eigenvalue weighted by atomic mass is 10.1. The second-order valence-corrected chi connectivity index (χ2v) is 5.67. The van der Waals surface area contributed by atoms with Crippen molar-refractivity contribution in [3.8, 4) is 11.8 Å². The molecule has 0 aliphatic rings. The average molecular weight is 330 g/mol. The number of carbonyl (C=O) groups is 1. The van der Waals surface area contributed by atoms with Gasteiger partial charge in [-0.3, -0.25) is 4.79 Å². The van der Waals surface area contributed by atoms with Crippen molar-refractivity contribution in [1.82, 2.24) is 0 Å². The molecule has 0 saturated carbocycles. The predicted molar refractivity (Wildman–Crippen MR) is 98.5 cm³/mol. The normalized spacial score (nSPS) is 10.2. The fourth-order valence-electron chi connectivity index (χ4n) is 2.63. The van der Waals surface area contributed by atoms with Gasteiger partial charge in [0.2, 0.25) is 5.91 Å². The van der Waals surface area contributed by atoms with Crippen LogP contribution in [-0.2, 0) is 4.79 Å². The van der Waals surface area contributed by atoms with Crippen LogP contribution in [0.2, 0.25) is 0 Å². The third kappa shape index (κ3) is 4.36. The van der Waals surface area contributed by atoms with Crippen LogP contribution in [0.1, 0.15) is 18.4 Å². The first-order chi connectivity index (χ1) is 12.3. The van der Waals surface area contributed by atoms with Crippen LogP contribution in [0.25, 0.3) is 10.8 Å². The molecule has 0 unspecified atom stereocenters. The van der Waals surface area contributed by atoms with E-state index in [9.17, 15) is 4.79 Å². The first-order valence-electron chi connectivity index (χ1n) is 8.17. The van der Waals surface area contributed by atoms with Crippen molar-refractivity contribution in [3.05, 3.63) is 72.3 Å². The molecule has 124 valence electrons. The van der Waals surface area contributed by atoms with Crippen LogP contribution in [0.5, 0.6) is 5.75 Å². The number of ether oxygens (including phenoxy) is 1. The van der Waals surface area contributed by atoms with Crippen molar-refractivity contribution < 1.29 is 9.53 Å². The SMILES string of the molecule is N#Cc1cccc(NC(=O)CCCOc2cccc3ccccc23)c1. The van der Waals surface area contributed by atoms with Crippen LogP contribution in [0.15, 0.2) is 66.7 Å². The van der Waals surface area contributed by atoms with E-state index in [1.807, 2.05) is 42.5 Å². The topological polar surface area (TPSA) is 62.1 Å². The number of nitrogens with zero attached hydrogens (tertiary/aromatic N) is 1. The van der Waals surface area contributed by atoms with E-state index >= 15 is 0 Å². The number of nitriles is 1. The Balaban J connectivity index is 1.49. The molecule has 0 heterocycles. The van der Waals surface area contributed by atoms with Crippen LogP contribution in [-0.4, -0.2) is 12.5 Å². The fourth-order valence-corrected chi connectivity index (χ4v) is 2.63. The highest BCUT2D eigenvalue weighted by Crippen LogP contribution is 2.25. The monoisotopic (exact) mass is 330 g/mol. The Morgan fingerprint density at radius 3 is 2.72 bits per heavy atom. The molecule has 0 aromatic heterocycles. The lowest BCUT2D eigenvalue weighted by Crippen LogP contribution is -2.12. The number of hydrogen-bond donors (Lipinski definition) is 1. The molecule has 0 fully saturated rings. The minimum atomic E-state index is -0.0865. The maximum atomic E-state index is 12.0. The quantitative estimate of drug-likeness (QED) is 0.676. The number of nitrogens with one attached hydrogen (secondary N) is 1. The lowest BCUT2D eigenvalue weighted by Gasteiger charge is -2.09. The van der Waals surface area contributed by atoms with E-state index < -0.39 is 0 Å². The van der Waals surface area contributed by atoms with Crippen molar-refractivity contribution in [2.24, 2.45) is 0 Å². The van der Waals surface area contributed by atoms with Gasteiger partial charge in [-0.2, -0.15) is 5.26 Å². The Labute approximate surface area is 146 Å². The van der Waals surface area contributed by atoms with Gasteiger partial charge in [0.15, 0.2) is 0 Å². The minimum absolute atomic E-state index is 0.0865. The standard InChI is InChI=1S/C21H18N2O2/c22-15-16-6-3-9-18(14-16)23-21(24)12-5-13-25-20-11-4-8-17-7-1-2-10-19(17)20/h1-4,6-11,14H,5,12-13H2,(H,23,24). The summed E-state index contributed by atoms with van der Waals surface area (Å²) in [5.74, 6) is 0.747. The smallest absolute Gasteiger partial charge is 0.224 e. The Hall–Kier alpha value is -3.32. The predicted octanol–water partition coefficient (Wildman–Crippen LogP) is 4.51. The molecule has 0 atom stereocenters. The molecule has 3 rings (SSSR count). The summed E-state index contributed by atoms with van der Waals surface area (Å²) in [6.45, 7) is 0.472. The largest absolute Gasteiger partial charge is 0.493 e. The number of rotatable bonds is 6. The minimum Gasteiger partial charge on any atom is -0.493 e. The summed E-state index contributed by atoms with van der Waals surface area (Å²) in [6, 6.07) is 22.9. The van der Waals surface area contributed by atoms with Crippen molar-refractivity contribution >= 4 is 22.4 Å². The van der Waals surface area contributed by atoms with Crippen molar-refractivity contribution in [2.45, 2.75) is 12.8 Å². The second kappa shape index (κ2) is 7.98. The van der Waals surface area contributed by atoms with Gasteiger partial charge in [0.1, 0.15) is 5.75 Å². The summed E-state index contributed by atoms with van der Waals surface area (Å²) < 4.78 is 5.83. The summed E-state index contributed by atoms with van der Waals surface area (Å²) >= 11 is 0. The summed E-state index contributed by atoms with van der Waals surface area (Å²) in [4.78, 5) is 12.0. The molecule has 0 saturated heterocycles. The number of fused-ring (bicyclic) bond motifs is 1. The zero-order valence-electron chi connectivity index (χ0n) is 13.7. The maximum absolute atomic E-state index is 12.0. The van der Waals surface area contributed by atoms with Gasteiger partial charge in [0, 0.05) is 17.5 Å². The number of hydrogen-bond acceptors (Lipinski definition) is 3. The first kappa shape index (κ1) is 16.5. The van der Waals surface area contributed by atoms with Gasteiger partial charge >= 0.3 is 0 Å². The average Bonchev–Trinajstić information content (AvgIpc) is 2.65. The van der Waals surface area contributed by atoms with Crippen LogP contribution >= 0.6 is 0 Å². The summed E-state index contributed by atoms with van der Waals surface area (Å²) in [5, 5.41) is 13.9. The van der Waals surface area contributed by atoms with Gasteiger partial charge in [0.25, 0.3) is 0 Å². The molecule has 1 N–H and O–H groups in total. The highest BCUT2D eigenvalue weighted by molar-refractivity contribution is 5.91. The van der Waals surface area contributed by atoms with E-state index in [0.29, 0.717) is 30.7 Å². The van der Waals surface area contributed by atoms with Gasteiger partial charge in [-0.1, -0.05) is 42.5 Å². The van der Waals surface area contributed by atoms with Crippen molar-refractivity contribution in [3.63, 3.8) is 0 Å². The Kier molecular flexibility index (Phi) is 5.28. The number of anilines is 1. The molecular formula is C21H18N2O2. The van der Waals surface area contributed by atoms with Gasteiger partial charge in [-0.05, 0) is 36.1 Å². The lowest BCUT2D eigenvalue weighted by molar-refractivity contribution is -0.116. The zero-order valence-corrected chi connectivity index (χ0v) is 13.7. The van der Waals surface area contributed by atoms with Gasteiger partial charge in [-0.25, -0.2) is 0 Å². The number of carbonyl (C=O) groups excluding carboxylic acids is 1. The third-order valence-electron chi connectivity index (χ3n) is 3.83. The summed E-state index contributed by atoms with van der Waals surface area (Å²) in [5.41, 5.74) is 1.16. The molecule has 4 nitrogen and oxygen atoms in total. The molecule has 3 aromatic rings. The summed E-state index contributed by atoms with van der Waals surface area (Å²) in [6.07, 6.45) is 0.981. The van der Waals surface area contributed by atoms with Crippen LogP contribution in [0.3, 0.4) is 0 Å². The molecular weight excluding hydrogens is 312 g/mol. The van der Waals surface area contributed by atoms with E-state index in [0.717, 1.165) is 16.5 Å². The van der Waals surface area contributed by atoms with E-state index in [2.05, 4.69) is 11.4 Å². The molecule has 0 aliphatic carbocycles. The van der Waals surface area contributed by atoms with E-state index in [1.54, 1.807) is 24.3 Å². The molecule has 0 aliphatic heterocycles. The molecule has 0 spiro atoms. The molecule has 0 radical (unpaired) electrons. The highest BCUT2D eigenvalue weighted by Gasteiger charge is 2.05. The first-order valence-corrected chi connectivity index (χ1v) is 8.17. The van der Waals surface area contributed by atoms with E-state index in [1.165, 1.54) is 0 Å². The van der Waals surface area contributed by atoms with Crippen LogP contribution in [0, 0.1) is 11.3 Å². The van der Waals surface area contributed by atoms with E-state index in [-0.39, 0.29) is 5.91 Å². The molecule has 0 bridgehead atoms. The van der Waals surface area contributed by atoms with Gasteiger partial charge in [-0.15, -0.1) is 0 Å². The number of amides is 1. The zero-order chi connectivity index (χ0) is 17.5. The molecule has 25 heavy (non-hydrogen) atoms. The summed E-state index contributed by atoms with van der Waals surface area (Å²) in [7, 11) is 0. The van der Waals surface area contributed by atoms with Gasteiger partial charge in [0.05, 0.1) is 18.2 Å². The van der Waals surface area contributed by atoms with Crippen LogP contribution < -0.4 is 10.1 Å². The third-order valence-corrected chi connectivity index (χ3v) is 3.83. The van der Waals surface area contributed by atoms with Crippen molar-refractivity contribution in [2.75, 3.05) is 11.9 Å².